The van der Waals surface area contributed by atoms with Crippen LogP contribution in [0.25, 0.3) is 0 Å². The molecule has 2 rings (SSSR count). The van der Waals surface area contributed by atoms with Gasteiger partial charge in [0.2, 0.25) is 5.91 Å². The summed E-state index contributed by atoms with van der Waals surface area (Å²) >= 11 is 0. The number of carbonyl (C=O) groups excluding carboxylic acids is 1. The van der Waals surface area contributed by atoms with E-state index in [1.807, 2.05) is 0 Å². The molecule has 3 nitrogen and oxygen atoms in total. The monoisotopic (exact) mass is 247 g/mol. The number of aryl methyl sites for hydroxylation is 2. The highest BCUT2D eigenvalue weighted by Crippen LogP contribution is 2.11. The second-order valence-electron chi connectivity index (χ2n) is 5.55. The molecular weight excluding hydrogens is 224 g/mol. The van der Waals surface area contributed by atoms with Gasteiger partial charge in [-0.05, 0) is 32.3 Å². The SMILES string of the molecule is Cc1ccc(C)c(C[NH+]2CCC[C@@H](C(N)=O)C2)c1. The summed E-state index contributed by atoms with van der Waals surface area (Å²) in [5, 5.41) is 0. The molecule has 98 valence electrons. The average molecular weight is 247 g/mol. The highest BCUT2D eigenvalue weighted by Gasteiger charge is 2.27. The van der Waals surface area contributed by atoms with Gasteiger partial charge in [-0.2, -0.15) is 0 Å². The highest BCUT2D eigenvalue weighted by molar-refractivity contribution is 5.76. The predicted molar refractivity (Wildman–Crippen MR) is 72.2 cm³/mol. The van der Waals surface area contributed by atoms with Gasteiger partial charge in [-0.15, -0.1) is 0 Å². The predicted octanol–water partition coefficient (Wildman–Crippen LogP) is 0.584. The van der Waals surface area contributed by atoms with Gasteiger partial charge < -0.3 is 10.6 Å². The first kappa shape index (κ1) is 13.1. The molecule has 1 amide bonds. The van der Waals surface area contributed by atoms with Crippen molar-refractivity contribution < 1.29 is 9.69 Å². The molecule has 1 aliphatic heterocycles. The zero-order valence-corrected chi connectivity index (χ0v) is 11.3. The van der Waals surface area contributed by atoms with Crippen LogP contribution in [-0.2, 0) is 11.3 Å². The summed E-state index contributed by atoms with van der Waals surface area (Å²) < 4.78 is 0. The summed E-state index contributed by atoms with van der Waals surface area (Å²) in [6.45, 7) is 7.33. The summed E-state index contributed by atoms with van der Waals surface area (Å²) in [4.78, 5) is 12.8. The van der Waals surface area contributed by atoms with E-state index in [2.05, 4.69) is 32.0 Å². The molecule has 0 saturated carbocycles. The van der Waals surface area contributed by atoms with Crippen molar-refractivity contribution in [2.24, 2.45) is 11.7 Å². The second-order valence-corrected chi connectivity index (χ2v) is 5.55. The Labute approximate surface area is 109 Å². The third-order valence-corrected chi connectivity index (χ3v) is 3.97. The summed E-state index contributed by atoms with van der Waals surface area (Å²) in [5.74, 6) is -0.0629. The molecule has 1 fully saturated rings. The number of amides is 1. The zero-order chi connectivity index (χ0) is 13.1. The number of rotatable bonds is 3. The van der Waals surface area contributed by atoms with Gasteiger partial charge in [0.25, 0.3) is 0 Å². The van der Waals surface area contributed by atoms with Gasteiger partial charge in [-0.3, -0.25) is 4.79 Å². The van der Waals surface area contributed by atoms with Crippen molar-refractivity contribution in [1.82, 2.24) is 0 Å². The first-order chi connectivity index (χ1) is 8.56. The molecule has 0 aromatic heterocycles. The summed E-state index contributed by atoms with van der Waals surface area (Å²) in [6, 6.07) is 6.59. The Balaban J connectivity index is 2.04. The van der Waals surface area contributed by atoms with Gasteiger partial charge in [0.1, 0.15) is 6.54 Å². The van der Waals surface area contributed by atoms with Crippen LogP contribution in [0.15, 0.2) is 18.2 Å². The standard InChI is InChI=1S/C15H22N2O/c1-11-5-6-12(2)14(8-11)10-17-7-3-4-13(9-17)15(16)18/h5-6,8,13H,3-4,7,9-10H2,1-2H3,(H2,16,18)/p+1/t13-/m1/s1. The van der Waals surface area contributed by atoms with Crippen LogP contribution in [0.4, 0.5) is 0 Å². The quantitative estimate of drug-likeness (QED) is 0.806. The lowest BCUT2D eigenvalue weighted by molar-refractivity contribution is -0.921. The lowest BCUT2D eigenvalue weighted by Crippen LogP contribution is -3.12. The normalized spacial score (nSPS) is 23.9. The van der Waals surface area contributed by atoms with Gasteiger partial charge in [0.05, 0.1) is 19.0 Å². The molecule has 1 aromatic rings. The first-order valence-electron chi connectivity index (χ1n) is 6.75. The molecule has 0 spiro atoms. The third-order valence-electron chi connectivity index (χ3n) is 3.97. The van der Waals surface area contributed by atoms with Crippen LogP contribution in [0.2, 0.25) is 0 Å². The lowest BCUT2D eigenvalue weighted by Gasteiger charge is -2.28. The van der Waals surface area contributed by atoms with Gasteiger partial charge in [0, 0.05) is 5.56 Å². The first-order valence-corrected chi connectivity index (χ1v) is 6.75. The summed E-state index contributed by atoms with van der Waals surface area (Å²) in [5.41, 5.74) is 9.47. The molecule has 2 atom stereocenters. The maximum atomic E-state index is 11.3. The molecule has 1 saturated heterocycles. The molecule has 0 radical (unpaired) electrons. The Hall–Kier alpha value is -1.35. The largest absolute Gasteiger partial charge is 0.369 e. The Bertz CT molecular complexity index is 442. The van der Waals surface area contributed by atoms with Crippen molar-refractivity contribution in [3.05, 3.63) is 34.9 Å². The molecule has 1 heterocycles. The number of primary amides is 1. The number of hydrogen-bond acceptors (Lipinski definition) is 1. The maximum Gasteiger partial charge on any atom is 0.226 e. The fraction of sp³-hybridized carbons (Fsp3) is 0.533. The Morgan fingerprint density at radius 3 is 2.94 bits per heavy atom. The Morgan fingerprint density at radius 2 is 2.22 bits per heavy atom. The second kappa shape index (κ2) is 5.53. The molecule has 1 aromatic carbocycles. The van der Waals surface area contributed by atoms with E-state index in [1.54, 1.807) is 0 Å². The molecule has 1 unspecified atom stereocenters. The Kier molecular flexibility index (Phi) is 4.02. The molecule has 3 heteroatoms. The van der Waals surface area contributed by atoms with Crippen molar-refractivity contribution in [1.29, 1.82) is 0 Å². The highest BCUT2D eigenvalue weighted by atomic mass is 16.1. The van der Waals surface area contributed by atoms with Gasteiger partial charge >= 0.3 is 0 Å². The third kappa shape index (κ3) is 3.10. The van der Waals surface area contributed by atoms with E-state index in [1.165, 1.54) is 21.6 Å². The maximum absolute atomic E-state index is 11.3. The number of nitrogens with two attached hydrogens (primary N) is 1. The number of benzene rings is 1. The smallest absolute Gasteiger partial charge is 0.226 e. The number of hydrogen-bond donors (Lipinski definition) is 2. The minimum atomic E-state index is -0.131. The van der Waals surface area contributed by atoms with Crippen LogP contribution in [-0.4, -0.2) is 19.0 Å². The summed E-state index contributed by atoms with van der Waals surface area (Å²) in [6.07, 6.45) is 2.07. The fourth-order valence-electron chi connectivity index (χ4n) is 2.81. The van der Waals surface area contributed by atoms with Crippen molar-refractivity contribution in [2.75, 3.05) is 13.1 Å². The fourth-order valence-corrected chi connectivity index (χ4v) is 2.81. The molecule has 1 aliphatic rings. The van der Waals surface area contributed by atoms with Crippen molar-refractivity contribution in [3.8, 4) is 0 Å². The molecule has 0 aliphatic carbocycles. The van der Waals surface area contributed by atoms with Gasteiger partial charge in [0.15, 0.2) is 0 Å². The van der Waals surface area contributed by atoms with Crippen LogP contribution < -0.4 is 10.6 Å². The molecule has 18 heavy (non-hydrogen) atoms. The lowest BCUT2D eigenvalue weighted by atomic mass is 9.96. The van der Waals surface area contributed by atoms with Crippen LogP contribution in [0.1, 0.15) is 29.5 Å². The van der Waals surface area contributed by atoms with Crippen LogP contribution in [0.3, 0.4) is 0 Å². The van der Waals surface area contributed by atoms with Crippen LogP contribution in [0.5, 0.6) is 0 Å². The van der Waals surface area contributed by atoms with E-state index in [9.17, 15) is 4.79 Å². The van der Waals surface area contributed by atoms with Crippen LogP contribution >= 0.6 is 0 Å². The zero-order valence-electron chi connectivity index (χ0n) is 11.3. The van der Waals surface area contributed by atoms with Crippen molar-refractivity contribution >= 4 is 5.91 Å². The number of likely N-dealkylation sites (tertiary alicyclic amines) is 1. The van der Waals surface area contributed by atoms with E-state index < -0.39 is 0 Å². The van der Waals surface area contributed by atoms with Crippen LogP contribution in [0, 0.1) is 19.8 Å². The molecule has 0 bridgehead atoms. The molecular formula is C15H23N2O+. The van der Waals surface area contributed by atoms with E-state index >= 15 is 0 Å². The minimum Gasteiger partial charge on any atom is -0.369 e. The van der Waals surface area contributed by atoms with Gasteiger partial charge in [-0.1, -0.05) is 23.8 Å². The van der Waals surface area contributed by atoms with E-state index in [-0.39, 0.29) is 11.8 Å². The average Bonchev–Trinajstić information content (AvgIpc) is 2.34. The Morgan fingerprint density at radius 1 is 1.44 bits per heavy atom. The van der Waals surface area contributed by atoms with Crippen molar-refractivity contribution in [3.63, 3.8) is 0 Å². The topological polar surface area (TPSA) is 47.5 Å². The number of carbonyl (C=O) groups is 1. The van der Waals surface area contributed by atoms with E-state index in [4.69, 9.17) is 5.73 Å². The van der Waals surface area contributed by atoms with Gasteiger partial charge in [-0.25, -0.2) is 0 Å². The number of quaternary nitrogens is 1. The number of nitrogens with one attached hydrogen (secondary N) is 1. The summed E-state index contributed by atoms with van der Waals surface area (Å²) in [7, 11) is 0. The van der Waals surface area contributed by atoms with E-state index in [0.717, 1.165) is 32.5 Å². The molecule has 3 N–H and O–H groups in total. The van der Waals surface area contributed by atoms with E-state index in [0.29, 0.717) is 0 Å². The van der Waals surface area contributed by atoms with Crippen molar-refractivity contribution in [2.45, 2.75) is 33.2 Å². The number of piperidine rings is 1. The minimum absolute atomic E-state index is 0.0684.